The molecule has 0 aliphatic heterocycles. The lowest BCUT2D eigenvalue weighted by atomic mass is 10.1. The highest BCUT2D eigenvalue weighted by molar-refractivity contribution is 9.08. The van der Waals surface area contributed by atoms with Crippen molar-refractivity contribution in [3.8, 4) is 0 Å². The molecule has 1 N–H and O–H groups in total. The summed E-state index contributed by atoms with van der Waals surface area (Å²) in [7, 11) is -3.37. The van der Waals surface area contributed by atoms with Crippen LogP contribution in [0.1, 0.15) is 25.0 Å². The minimum atomic E-state index is -3.37. The molecule has 0 aliphatic rings. The van der Waals surface area contributed by atoms with Gasteiger partial charge < -0.3 is 0 Å². The number of nitrogens with one attached hydrogen (secondary N) is 1. The van der Waals surface area contributed by atoms with Gasteiger partial charge in [-0.15, -0.1) is 0 Å². The summed E-state index contributed by atoms with van der Waals surface area (Å²) in [6, 6.07) is 7.82. The third kappa shape index (κ3) is 4.35. The predicted octanol–water partition coefficient (Wildman–Crippen LogP) is 2.26. The lowest BCUT2D eigenvalue weighted by Crippen LogP contribution is -2.40. The Kier molecular flexibility index (Phi) is 6.28. The summed E-state index contributed by atoms with van der Waals surface area (Å²) < 4.78 is 27.9. The number of rotatable bonds is 7. The van der Waals surface area contributed by atoms with Gasteiger partial charge in [0, 0.05) is 25.0 Å². The van der Waals surface area contributed by atoms with Crippen LogP contribution in [0.25, 0.3) is 0 Å². The first kappa shape index (κ1) is 15.6. The fourth-order valence-electron chi connectivity index (χ4n) is 1.65. The Morgan fingerprint density at radius 1 is 1.22 bits per heavy atom. The van der Waals surface area contributed by atoms with Gasteiger partial charge in [-0.1, -0.05) is 54.0 Å². The molecule has 0 radical (unpaired) electrons. The zero-order valence-corrected chi connectivity index (χ0v) is 13.1. The summed E-state index contributed by atoms with van der Waals surface area (Å²) >= 11 is 3.38. The highest BCUT2D eigenvalue weighted by Crippen LogP contribution is 2.09. The summed E-state index contributed by atoms with van der Waals surface area (Å²) in [6.45, 7) is 4.93. The van der Waals surface area contributed by atoms with Crippen LogP contribution in [0.5, 0.6) is 0 Å². The molecule has 0 heterocycles. The number of alkyl halides is 1. The summed E-state index contributed by atoms with van der Waals surface area (Å²) in [5, 5.41) is 0.767. The molecule has 0 amide bonds. The first-order valence-electron chi connectivity index (χ1n) is 5.92. The Labute approximate surface area is 118 Å². The maximum absolute atomic E-state index is 11.9. The molecule has 0 atom stereocenters. The van der Waals surface area contributed by atoms with Gasteiger partial charge in [-0.2, -0.15) is 17.4 Å². The van der Waals surface area contributed by atoms with Gasteiger partial charge in [0.25, 0.3) is 10.2 Å². The van der Waals surface area contributed by atoms with Crippen molar-refractivity contribution in [1.82, 2.24) is 9.03 Å². The molecular weight excluding hydrogens is 316 g/mol. The zero-order valence-electron chi connectivity index (χ0n) is 10.7. The van der Waals surface area contributed by atoms with Crippen LogP contribution in [0.2, 0.25) is 0 Å². The molecule has 1 aromatic rings. The highest BCUT2D eigenvalue weighted by Gasteiger charge is 2.17. The molecule has 0 saturated heterocycles. The first-order chi connectivity index (χ1) is 8.53. The van der Waals surface area contributed by atoms with Crippen molar-refractivity contribution in [2.45, 2.75) is 25.7 Å². The van der Waals surface area contributed by atoms with Gasteiger partial charge in [0.05, 0.1) is 0 Å². The summed E-state index contributed by atoms with van der Waals surface area (Å²) in [5.41, 5.74) is 2.09. The van der Waals surface area contributed by atoms with E-state index in [1.54, 1.807) is 0 Å². The largest absolute Gasteiger partial charge is 0.279 e. The normalized spacial score (nSPS) is 12.0. The first-order valence-corrected chi connectivity index (χ1v) is 8.48. The molecule has 0 fully saturated rings. The molecule has 18 heavy (non-hydrogen) atoms. The van der Waals surface area contributed by atoms with E-state index in [1.165, 1.54) is 4.31 Å². The molecule has 0 aromatic heterocycles. The van der Waals surface area contributed by atoms with Crippen molar-refractivity contribution in [3.05, 3.63) is 35.4 Å². The van der Waals surface area contributed by atoms with Crippen LogP contribution in [0.15, 0.2) is 24.3 Å². The van der Waals surface area contributed by atoms with Crippen molar-refractivity contribution in [2.24, 2.45) is 0 Å². The number of nitrogens with zero attached hydrogens (tertiary/aromatic N) is 1. The van der Waals surface area contributed by atoms with E-state index < -0.39 is 10.2 Å². The topological polar surface area (TPSA) is 49.4 Å². The molecule has 0 spiro atoms. The zero-order chi connectivity index (χ0) is 13.6. The van der Waals surface area contributed by atoms with Gasteiger partial charge in [0.1, 0.15) is 0 Å². The van der Waals surface area contributed by atoms with Gasteiger partial charge in [-0.05, 0) is 11.1 Å². The van der Waals surface area contributed by atoms with E-state index in [2.05, 4.69) is 20.7 Å². The number of benzene rings is 1. The van der Waals surface area contributed by atoms with Crippen molar-refractivity contribution in [1.29, 1.82) is 0 Å². The number of halogens is 1. The van der Waals surface area contributed by atoms with Crippen LogP contribution in [0.3, 0.4) is 0 Å². The Bertz CT molecular complexity index is 473. The molecular formula is C12H19BrN2O2S. The van der Waals surface area contributed by atoms with Crippen LogP contribution in [0.4, 0.5) is 0 Å². The minimum Gasteiger partial charge on any atom is -0.198 e. The minimum absolute atomic E-state index is 0.319. The summed E-state index contributed by atoms with van der Waals surface area (Å²) in [6.07, 6.45) is 0. The Morgan fingerprint density at radius 3 is 2.39 bits per heavy atom. The second-order valence-electron chi connectivity index (χ2n) is 3.86. The Balaban J connectivity index is 2.69. The van der Waals surface area contributed by atoms with E-state index in [-0.39, 0.29) is 0 Å². The van der Waals surface area contributed by atoms with Crippen molar-refractivity contribution >= 4 is 26.1 Å². The van der Waals surface area contributed by atoms with E-state index in [9.17, 15) is 8.42 Å². The second-order valence-corrected chi connectivity index (χ2v) is 6.18. The fourth-order valence-corrected chi connectivity index (χ4v) is 3.21. The molecule has 0 saturated carbocycles. The van der Waals surface area contributed by atoms with Crippen LogP contribution in [-0.4, -0.2) is 25.8 Å². The van der Waals surface area contributed by atoms with Gasteiger partial charge in [0.15, 0.2) is 0 Å². The molecule has 6 heteroatoms. The standard InChI is InChI=1S/C12H19BrN2O2S/c1-3-15(4-2)18(16,17)14-10-12-7-5-6-11(8-12)9-13/h5-8,14H,3-4,9-10H2,1-2H3. The van der Waals surface area contributed by atoms with Gasteiger partial charge in [-0.25, -0.2) is 0 Å². The number of hydrogen-bond donors (Lipinski definition) is 1. The average Bonchev–Trinajstić information content (AvgIpc) is 2.38. The Morgan fingerprint density at radius 2 is 1.83 bits per heavy atom. The average molecular weight is 335 g/mol. The molecule has 4 nitrogen and oxygen atoms in total. The lowest BCUT2D eigenvalue weighted by Gasteiger charge is -2.18. The van der Waals surface area contributed by atoms with E-state index in [0.717, 1.165) is 16.5 Å². The molecule has 1 rings (SSSR count). The van der Waals surface area contributed by atoms with Gasteiger partial charge >= 0.3 is 0 Å². The van der Waals surface area contributed by atoms with Crippen molar-refractivity contribution in [2.75, 3.05) is 13.1 Å². The summed E-state index contributed by atoms with van der Waals surface area (Å²) in [4.78, 5) is 0. The maximum atomic E-state index is 11.9. The van der Waals surface area contributed by atoms with E-state index in [0.29, 0.717) is 19.6 Å². The van der Waals surface area contributed by atoms with Crippen LogP contribution < -0.4 is 4.72 Å². The Hall–Kier alpha value is -0.430. The highest BCUT2D eigenvalue weighted by atomic mass is 79.9. The second kappa shape index (κ2) is 7.23. The smallest absolute Gasteiger partial charge is 0.198 e. The van der Waals surface area contributed by atoms with Crippen LogP contribution >= 0.6 is 15.9 Å². The van der Waals surface area contributed by atoms with E-state index in [1.807, 2.05) is 38.1 Å². The SMILES string of the molecule is CCN(CC)S(=O)(=O)NCc1cccc(CBr)c1. The fraction of sp³-hybridized carbons (Fsp3) is 0.500. The molecule has 0 aliphatic carbocycles. The summed E-state index contributed by atoms with van der Waals surface area (Å²) in [5.74, 6) is 0. The molecule has 102 valence electrons. The monoisotopic (exact) mass is 334 g/mol. The van der Waals surface area contributed by atoms with E-state index >= 15 is 0 Å². The van der Waals surface area contributed by atoms with Crippen molar-refractivity contribution in [3.63, 3.8) is 0 Å². The lowest BCUT2D eigenvalue weighted by molar-refractivity contribution is 0.434. The van der Waals surface area contributed by atoms with Crippen LogP contribution in [0, 0.1) is 0 Å². The predicted molar refractivity (Wildman–Crippen MR) is 77.8 cm³/mol. The number of hydrogen-bond acceptors (Lipinski definition) is 2. The molecule has 0 unspecified atom stereocenters. The maximum Gasteiger partial charge on any atom is 0.279 e. The van der Waals surface area contributed by atoms with Gasteiger partial charge in [-0.3, -0.25) is 0 Å². The van der Waals surface area contributed by atoms with E-state index in [4.69, 9.17) is 0 Å². The van der Waals surface area contributed by atoms with Crippen molar-refractivity contribution < 1.29 is 8.42 Å². The molecule has 0 bridgehead atoms. The third-order valence-corrected chi connectivity index (χ3v) is 5.00. The quantitative estimate of drug-likeness (QED) is 0.777. The third-order valence-electron chi connectivity index (χ3n) is 2.65. The molecule has 1 aromatic carbocycles. The van der Waals surface area contributed by atoms with Crippen LogP contribution in [-0.2, 0) is 22.1 Å². The van der Waals surface area contributed by atoms with Gasteiger partial charge in [0.2, 0.25) is 0 Å².